The average molecular weight is 226 g/mol. The van der Waals surface area contributed by atoms with E-state index < -0.39 is 17.9 Å². The van der Waals surface area contributed by atoms with Crippen molar-refractivity contribution in [2.24, 2.45) is 5.92 Å². The summed E-state index contributed by atoms with van der Waals surface area (Å²) in [5.41, 5.74) is 0. The molecule has 0 spiro atoms. The number of nitrogens with zero attached hydrogens (tertiary/aromatic N) is 1. The molecule has 16 heavy (non-hydrogen) atoms. The summed E-state index contributed by atoms with van der Waals surface area (Å²) in [4.78, 5) is 35.3. The Morgan fingerprint density at radius 1 is 1.50 bits per heavy atom. The molecule has 2 saturated heterocycles. The summed E-state index contributed by atoms with van der Waals surface area (Å²) in [6, 6.07) is -0.675. The van der Waals surface area contributed by atoms with Gasteiger partial charge in [0.1, 0.15) is 0 Å². The number of aliphatic carboxylic acids is 1. The molecule has 88 valence electrons. The van der Waals surface area contributed by atoms with Crippen LogP contribution in [0.3, 0.4) is 0 Å². The first kappa shape index (κ1) is 11.1. The van der Waals surface area contributed by atoms with Gasteiger partial charge >= 0.3 is 5.97 Å². The zero-order valence-corrected chi connectivity index (χ0v) is 8.97. The number of carbonyl (C=O) groups excluding carboxylic acids is 2. The van der Waals surface area contributed by atoms with Gasteiger partial charge in [0.05, 0.1) is 18.4 Å². The number of likely N-dealkylation sites (tertiary alicyclic amines) is 1. The number of imide groups is 1. The summed E-state index contributed by atoms with van der Waals surface area (Å²) in [5.74, 6) is -1.85. The summed E-state index contributed by atoms with van der Waals surface area (Å²) in [6.45, 7) is 2.35. The van der Waals surface area contributed by atoms with E-state index in [-0.39, 0.29) is 24.3 Å². The normalized spacial score (nSPS) is 35.4. The van der Waals surface area contributed by atoms with E-state index in [1.54, 1.807) is 6.92 Å². The third-order valence-electron chi connectivity index (χ3n) is 3.47. The summed E-state index contributed by atoms with van der Waals surface area (Å²) >= 11 is 0. The Balaban J connectivity index is 2.10. The zero-order valence-electron chi connectivity index (χ0n) is 8.97. The van der Waals surface area contributed by atoms with E-state index in [1.165, 1.54) is 0 Å². The van der Waals surface area contributed by atoms with Gasteiger partial charge in [0.15, 0.2) is 0 Å². The van der Waals surface area contributed by atoms with Crippen molar-refractivity contribution in [1.29, 1.82) is 0 Å². The second-order valence-corrected chi connectivity index (χ2v) is 4.34. The third kappa shape index (κ3) is 1.69. The zero-order chi connectivity index (χ0) is 11.9. The minimum Gasteiger partial charge on any atom is -0.481 e. The lowest BCUT2D eigenvalue weighted by Gasteiger charge is -2.26. The van der Waals surface area contributed by atoms with Crippen molar-refractivity contribution in [2.75, 3.05) is 6.54 Å². The molecule has 0 aromatic heterocycles. The highest BCUT2D eigenvalue weighted by Gasteiger charge is 2.44. The van der Waals surface area contributed by atoms with Gasteiger partial charge in [-0.3, -0.25) is 24.6 Å². The van der Waals surface area contributed by atoms with Crippen LogP contribution < -0.4 is 5.32 Å². The molecule has 2 N–H and O–H groups in total. The van der Waals surface area contributed by atoms with Crippen LogP contribution in [0.15, 0.2) is 0 Å². The summed E-state index contributed by atoms with van der Waals surface area (Å²) < 4.78 is 0. The fourth-order valence-electron chi connectivity index (χ4n) is 2.54. The molecule has 6 heteroatoms. The highest BCUT2D eigenvalue weighted by molar-refractivity contribution is 6.05. The van der Waals surface area contributed by atoms with Gasteiger partial charge in [-0.15, -0.1) is 0 Å². The highest BCUT2D eigenvalue weighted by atomic mass is 16.4. The molecular formula is C10H14N2O4. The van der Waals surface area contributed by atoms with Gasteiger partial charge in [-0.1, -0.05) is 0 Å². The van der Waals surface area contributed by atoms with Crippen molar-refractivity contribution in [1.82, 2.24) is 10.2 Å². The fourth-order valence-corrected chi connectivity index (χ4v) is 2.54. The molecule has 6 nitrogen and oxygen atoms in total. The Morgan fingerprint density at radius 3 is 2.62 bits per heavy atom. The molecule has 0 aromatic carbocycles. The number of hydrogen-bond acceptors (Lipinski definition) is 4. The SMILES string of the molecule is CC1C(C(=O)O)CCN1C1CC(=O)NC1=O. The Bertz CT molecular complexity index is 355. The minimum atomic E-state index is -0.834. The average Bonchev–Trinajstić information content (AvgIpc) is 2.69. The molecule has 0 aliphatic carbocycles. The van der Waals surface area contributed by atoms with Crippen LogP contribution in [0.5, 0.6) is 0 Å². The Morgan fingerprint density at radius 2 is 2.19 bits per heavy atom. The third-order valence-corrected chi connectivity index (χ3v) is 3.47. The van der Waals surface area contributed by atoms with Crippen LogP contribution in [0.4, 0.5) is 0 Å². The number of amides is 2. The van der Waals surface area contributed by atoms with E-state index in [0.29, 0.717) is 13.0 Å². The molecule has 2 aliphatic heterocycles. The maximum Gasteiger partial charge on any atom is 0.308 e. The Hall–Kier alpha value is -1.43. The number of carbonyl (C=O) groups is 3. The van der Waals surface area contributed by atoms with E-state index in [2.05, 4.69) is 5.32 Å². The molecule has 3 unspecified atom stereocenters. The first-order valence-corrected chi connectivity index (χ1v) is 5.33. The molecule has 0 bridgehead atoms. The van der Waals surface area contributed by atoms with E-state index in [4.69, 9.17) is 5.11 Å². The Kier molecular flexibility index (Phi) is 2.67. The van der Waals surface area contributed by atoms with Gasteiger partial charge in [-0.2, -0.15) is 0 Å². The largest absolute Gasteiger partial charge is 0.481 e. The van der Waals surface area contributed by atoms with Gasteiger partial charge in [0.25, 0.3) is 0 Å². The molecule has 3 atom stereocenters. The van der Waals surface area contributed by atoms with Crippen molar-refractivity contribution in [3.8, 4) is 0 Å². The second kappa shape index (κ2) is 3.86. The quantitative estimate of drug-likeness (QED) is 0.602. The van der Waals surface area contributed by atoms with Crippen molar-refractivity contribution in [3.63, 3.8) is 0 Å². The maximum atomic E-state index is 11.5. The lowest BCUT2D eigenvalue weighted by molar-refractivity contribution is -0.142. The minimum absolute atomic E-state index is 0.148. The number of hydrogen-bond donors (Lipinski definition) is 2. The van der Waals surface area contributed by atoms with E-state index in [9.17, 15) is 14.4 Å². The number of rotatable bonds is 2. The van der Waals surface area contributed by atoms with Gasteiger partial charge in [0.2, 0.25) is 11.8 Å². The summed E-state index contributed by atoms with van der Waals surface area (Å²) in [5, 5.41) is 11.2. The lowest BCUT2D eigenvalue weighted by Crippen LogP contribution is -2.44. The van der Waals surface area contributed by atoms with Crippen LogP contribution in [-0.4, -0.2) is 46.4 Å². The first-order chi connectivity index (χ1) is 7.50. The Labute approximate surface area is 92.6 Å². The fraction of sp³-hybridized carbons (Fsp3) is 0.700. The first-order valence-electron chi connectivity index (χ1n) is 5.33. The van der Waals surface area contributed by atoms with Crippen LogP contribution in [0.1, 0.15) is 19.8 Å². The molecule has 2 rings (SSSR count). The smallest absolute Gasteiger partial charge is 0.308 e. The number of carboxylic acid groups (broad SMARTS) is 1. The molecule has 0 aromatic rings. The molecule has 2 fully saturated rings. The van der Waals surface area contributed by atoms with Crippen LogP contribution >= 0.6 is 0 Å². The van der Waals surface area contributed by atoms with Crippen molar-refractivity contribution >= 4 is 17.8 Å². The van der Waals surface area contributed by atoms with Crippen LogP contribution in [0, 0.1) is 5.92 Å². The van der Waals surface area contributed by atoms with Gasteiger partial charge in [-0.25, -0.2) is 0 Å². The number of nitrogens with one attached hydrogen (secondary N) is 1. The van der Waals surface area contributed by atoms with Crippen molar-refractivity contribution in [3.05, 3.63) is 0 Å². The van der Waals surface area contributed by atoms with Gasteiger partial charge < -0.3 is 5.11 Å². The standard InChI is InChI=1S/C10H14N2O4/c1-5-6(10(15)16)2-3-12(5)7-4-8(13)11-9(7)14/h5-7H,2-4H2,1H3,(H,15,16)(H,11,13,14). The number of carboxylic acids is 1. The van der Waals surface area contributed by atoms with Crippen molar-refractivity contribution < 1.29 is 19.5 Å². The van der Waals surface area contributed by atoms with Crippen molar-refractivity contribution in [2.45, 2.75) is 31.8 Å². The van der Waals surface area contributed by atoms with Crippen LogP contribution in [0.2, 0.25) is 0 Å². The summed E-state index contributed by atoms with van der Waals surface area (Å²) in [7, 11) is 0. The van der Waals surface area contributed by atoms with E-state index >= 15 is 0 Å². The van der Waals surface area contributed by atoms with E-state index in [1.807, 2.05) is 4.90 Å². The molecular weight excluding hydrogens is 212 g/mol. The van der Waals surface area contributed by atoms with E-state index in [0.717, 1.165) is 0 Å². The molecule has 0 radical (unpaired) electrons. The predicted octanol–water partition coefficient (Wildman–Crippen LogP) is -0.803. The lowest BCUT2D eigenvalue weighted by atomic mass is 10.0. The van der Waals surface area contributed by atoms with Crippen LogP contribution in [0.25, 0.3) is 0 Å². The highest BCUT2D eigenvalue weighted by Crippen LogP contribution is 2.28. The molecule has 2 aliphatic rings. The molecule has 0 saturated carbocycles. The topological polar surface area (TPSA) is 86.7 Å². The van der Waals surface area contributed by atoms with Crippen LogP contribution in [-0.2, 0) is 14.4 Å². The summed E-state index contributed by atoms with van der Waals surface area (Å²) in [6.07, 6.45) is 0.685. The monoisotopic (exact) mass is 226 g/mol. The molecule has 2 heterocycles. The predicted molar refractivity (Wildman–Crippen MR) is 53.5 cm³/mol. The van der Waals surface area contributed by atoms with Gasteiger partial charge in [0, 0.05) is 12.6 Å². The molecule has 2 amide bonds. The second-order valence-electron chi connectivity index (χ2n) is 4.34. The maximum absolute atomic E-state index is 11.5. The van der Waals surface area contributed by atoms with Gasteiger partial charge in [-0.05, 0) is 13.3 Å².